The van der Waals surface area contributed by atoms with E-state index in [0.717, 1.165) is 243 Å². The minimum Gasteiger partial charge on any atom is -0.493 e. The largest absolute Gasteiger partial charge is 0.493 e. The number of nitrogens with zero attached hydrogens (tertiary/aromatic N) is 12. The highest BCUT2D eigenvalue weighted by Gasteiger charge is 2.29. The summed E-state index contributed by atoms with van der Waals surface area (Å²) in [5.41, 5.74) is 12.6. The molecule has 6 fully saturated rings. The van der Waals surface area contributed by atoms with Crippen molar-refractivity contribution >= 4 is 57.7 Å². The first kappa shape index (κ1) is 73.8. The van der Waals surface area contributed by atoms with Crippen molar-refractivity contribution in [2.24, 2.45) is 35.5 Å². The maximum absolute atomic E-state index is 8.94. The first-order valence-corrected chi connectivity index (χ1v) is 35.8. The van der Waals surface area contributed by atoms with E-state index in [4.69, 9.17) is 38.3 Å². The van der Waals surface area contributed by atoms with E-state index in [9.17, 15) is 0 Å². The number of pyridine rings is 2. The number of piperidine rings is 3. The standard InChI is InChI=1S/2C28H35N5O2.C21H31N3O2.2ClH/c2*1-32(2)18-25-27(34-19-21-3-4-21)10-8-24-26(31-35-28(24)25)9-6-20-11-13-33(14-12-20)17-23-7-5-22(15-29)16-30-23;1-24(2)13-18-20(25-14-16-3-4-16)8-6-17-19(23-26-21(17)18)7-5-15-9-11-22-12-10-15;;/h2*5,7-8,10,16,20-21H,3-4,6,9,11-14,17-19H2,1-2H3;6,8,15-16,22H,3-5,7,9-14H2,1-2H3;2*1H. The van der Waals surface area contributed by atoms with Gasteiger partial charge < -0.3 is 47.8 Å². The molecule has 0 amide bonds. The van der Waals surface area contributed by atoms with Crippen molar-refractivity contribution in [2.45, 2.75) is 148 Å². The van der Waals surface area contributed by atoms with Crippen LogP contribution in [0.2, 0.25) is 0 Å². The average Bonchev–Trinajstić information content (AvgIpc) is 1.63. The normalized spacial score (nSPS) is 17.3. The fraction of sp³-hybridized carbons (Fsp3) is 0.571. The summed E-state index contributed by atoms with van der Waals surface area (Å²) in [5.74, 6) is 7.22. The van der Waals surface area contributed by atoms with Gasteiger partial charge in [-0.05, 0) is 293 Å². The van der Waals surface area contributed by atoms with Gasteiger partial charge in [-0.25, -0.2) is 0 Å². The van der Waals surface area contributed by atoms with Gasteiger partial charge in [-0.3, -0.25) is 19.8 Å². The molecule has 21 heteroatoms. The highest BCUT2D eigenvalue weighted by molar-refractivity contribution is 5.87. The number of ether oxygens (including phenoxy) is 3. The molecule has 0 bridgehead atoms. The second-order valence-electron chi connectivity index (χ2n) is 29.2. The summed E-state index contributed by atoms with van der Waals surface area (Å²) in [7, 11) is 12.5. The number of aryl methyl sites for hydroxylation is 3. The third-order valence-corrected chi connectivity index (χ3v) is 20.2. The van der Waals surface area contributed by atoms with Gasteiger partial charge in [0.05, 0.1) is 76.1 Å². The Morgan fingerprint density at radius 1 is 0.439 bits per heavy atom. The zero-order valence-electron chi connectivity index (χ0n) is 58.7. The van der Waals surface area contributed by atoms with Gasteiger partial charge in [0.2, 0.25) is 0 Å². The van der Waals surface area contributed by atoms with Crippen LogP contribution in [-0.2, 0) is 52.0 Å². The summed E-state index contributed by atoms with van der Waals surface area (Å²) in [5, 5.41) is 38.2. The zero-order valence-corrected chi connectivity index (χ0v) is 60.3. The summed E-state index contributed by atoms with van der Waals surface area (Å²) in [6, 6.07) is 24.6. The number of rotatable bonds is 28. The molecule has 98 heavy (non-hydrogen) atoms. The van der Waals surface area contributed by atoms with Crippen LogP contribution in [0.15, 0.2) is 86.6 Å². The van der Waals surface area contributed by atoms with Crippen LogP contribution in [0.5, 0.6) is 17.2 Å². The molecule has 0 spiro atoms. The molecule has 1 N–H and O–H groups in total. The molecule has 0 unspecified atom stereocenters. The molecular formula is C77H103Cl2N13O6. The number of nitriles is 2. The van der Waals surface area contributed by atoms with Gasteiger partial charge >= 0.3 is 0 Å². The predicted molar refractivity (Wildman–Crippen MR) is 388 cm³/mol. The highest BCUT2D eigenvalue weighted by Crippen LogP contribution is 2.39. The van der Waals surface area contributed by atoms with Gasteiger partial charge in [-0.2, -0.15) is 10.5 Å². The molecule has 5 aromatic heterocycles. The quantitative estimate of drug-likeness (QED) is 0.0483. The average molecular weight is 1380 g/mol. The van der Waals surface area contributed by atoms with Crippen molar-refractivity contribution in [3.8, 4) is 29.4 Å². The second-order valence-corrected chi connectivity index (χ2v) is 29.2. The van der Waals surface area contributed by atoms with Crippen molar-refractivity contribution in [3.05, 3.63) is 129 Å². The minimum absolute atomic E-state index is 0. The highest BCUT2D eigenvalue weighted by atomic mass is 35.5. The van der Waals surface area contributed by atoms with Crippen LogP contribution < -0.4 is 19.5 Å². The fourth-order valence-corrected chi connectivity index (χ4v) is 13.8. The lowest BCUT2D eigenvalue weighted by molar-refractivity contribution is 0.170. The van der Waals surface area contributed by atoms with Crippen LogP contribution in [0.25, 0.3) is 32.9 Å². The Morgan fingerprint density at radius 2 is 0.765 bits per heavy atom. The van der Waals surface area contributed by atoms with E-state index in [1.54, 1.807) is 12.4 Å². The summed E-state index contributed by atoms with van der Waals surface area (Å²) in [6.45, 7) is 13.1. The van der Waals surface area contributed by atoms with E-state index in [-0.39, 0.29) is 24.8 Å². The molecule has 6 aliphatic rings. The van der Waals surface area contributed by atoms with E-state index >= 15 is 0 Å². The van der Waals surface area contributed by atoms with Crippen LogP contribution in [0, 0.1) is 58.2 Å². The molecule has 14 rings (SSSR count). The molecular weight excluding hydrogens is 1270 g/mol. The number of aromatic nitrogens is 5. The topological polar surface area (TPSA) is 207 Å². The van der Waals surface area contributed by atoms with Gasteiger partial charge in [0, 0.05) is 61.3 Å². The first-order valence-electron chi connectivity index (χ1n) is 35.8. The summed E-state index contributed by atoms with van der Waals surface area (Å²) in [4.78, 5) is 20.2. The zero-order chi connectivity index (χ0) is 66.3. The number of likely N-dealkylation sites (tertiary alicyclic amines) is 2. The maximum Gasteiger partial charge on any atom is 0.175 e. The monoisotopic (exact) mass is 1380 g/mol. The van der Waals surface area contributed by atoms with Crippen LogP contribution in [0.4, 0.5) is 0 Å². The van der Waals surface area contributed by atoms with Crippen molar-refractivity contribution in [3.63, 3.8) is 0 Å². The smallest absolute Gasteiger partial charge is 0.175 e. The van der Waals surface area contributed by atoms with E-state index in [1.807, 2.05) is 24.3 Å². The SMILES string of the molecule is CN(C)Cc1c(OCC2CC2)ccc2c(CCC3CCN(Cc4ccc(C#N)cn4)CC3)noc12.CN(C)Cc1c(OCC2CC2)ccc2c(CCC3CCN(Cc4ccc(C#N)cn4)CC3)noc12.CN(C)Cc1c(OCC2CC2)ccc2c(CCC3CCNCC3)noc12.Cl.Cl. The number of hydrogen-bond acceptors (Lipinski definition) is 19. The van der Waals surface area contributed by atoms with Crippen LogP contribution in [0.1, 0.15) is 153 Å². The molecule has 19 nitrogen and oxygen atoms in total. The Labute approximate surface area is 592 Å². The minimum atomic E-state index is 0. The number of nitrogens with one attached hydrogen (secondary N) is 1. The maximum atomic E-state index is 8.94. The Bertz CT molecular complexity index is 3680. The van der Waals surface area contributed by atoms with E-state index in [0.29, 0.717) is 23.0 Å². The van der Waals surface area contributed by atoms with E-state index < -0.39 is 0 Å². The van der Waals surface area contributed by atoms with Crippen molar-refractivity contribution in [2.75, 3.05) is 101 Å². The molecule has 0 radical (unpaired) electrons. The van der Waals surface area contributed by atoms with Gasteiger partial charge in [-0.1, -0.05) is 15.5 Å². The Kier molecular flexibility index (Phi) is 27.0. The molecule has 8 heterocycles. The predicted octanol–water partition coefficient (Wildman–Crippen LogP) is 14.0. The van der Waals surface area contributed by atoms with Gasteiger partial charge in [0.1, 0.15) is 29.4 Å². The molecule has 3 aliphatic heterocycles. The molecule has 3 saturated carbocycles. The first-order chi connectivity index (χ1) is 46.9. The molecule has 3 aliphatic carbocycles. The van der Waals surface area contributed by atoms with Crippen LogP contribution in [-0.4, -0.2) is 151 Å². The number of hydrogen-bond donors (Lipinski definition) is 1. The Morgan fingerprint density at radius 3 is 1.05 bits per heavy atom. The third-order valence-electron chi connectivity index (χ3n) is 20.2. The van der Waals surface area contributed by atoms with E-state index in [1.165, 1.54) is 83.5 Å². The summed E-state index contributed by atoms with van der Waals surface area (Å²) < 4.78 is 36.0. The van der Waals surface area contributed by atoms with Crippen molar-refractivity contribution in [1.82, 2.24) is 55.3 Å². The molecule has 0 atom stereocenters. The van der Waals surface area contributed by atoms with Crippen LogP contribution in [0.3, 0.4) is 0 Å². The molecule has 3 saturated heterocycles. The fourth-order valence-electron chi connectivity index (χ4n) is 13.8. The van der Waals surface area contributed by atoms with E-state index in [2.05, 4.69) is 146 Å². The Hall–Kier alpha value is -6.91. The summed E-state index contributed by atoms with van der Waals surface area (Å²) in [6.07, 6.45) is 24.7. The number of halogens is 2. The van der Waals surface area contributed by atoms with Crippen molar-refractivity contribution < 1.29 is 27.8 Å². The molecule has 526 valence electrons. The second kappa shape index (κ2) is 35.9. The molecule has 3 aromatic carbocycles. The molecule has 8 aromatic rings. The Balaban J connectivity index is 0.000000160. The number of fused-ring (bicyclic) bond motifs is 3. The lowest BCUT2D eigenvalue weighted by atomic mass is 9.91. The van der Waals surface area contributed by atoms with Crippen molar-refractivity contribution in [1.29, 1.82) is 10.5 Å². The lowest BCUT2D eigenvalue weighted by Gasteiger charge is -2.31. The lowest BCUT2D eigenvalue weighted by Crippen LogP contribution is -2.33. The number of benzene rings is 3. The van der Waals surface area contributed by atoms with Gasteiger partial charge in [-0.15, -0.1) is 24.8 Å². The summed E-state index contributed by atoms with van der Waals surface area (Å²) >= 11 is 0. The van der Waals surface area contributed by atoms with Crippen LogP contribution >= 0.6 is 24.8 Å². The van der Waals surface area contributed by atoms with Gasteiger partial charge in [0.25, 0.3) is 0 Å². The van der Waals surface area contributed by atoms with Gasteiger partial charge in [0.15, 0.2) is 16.7 Å². The third kappa shape index (κ3) is 20.9.